The Morgan fingerprint density at radius 3 is 1.14 bits per heavy atom. The van der Waals surface area contributed by atoms with Crippen LogP contribution in [0.1, 0.15) is 11.1 Å². The van der Waals surface area contributed by atoms with Crippen LogP contribution in [-0.2, 0) is 12.4 Å². The standard InChI is InChI=1S/C26H13Br2F6N/c27-21-11-15(13-1-5-17(6-2-13)25(29,30)31)9-19-20-10-16(12-22(28)24(20)35-23(19)21)14-3-7-18(8-4-14)26(32,33)34/h1-12,35H. The van der Waals surface area contributed by atoms with E-state index in [0.717, 1.165) is 66.1 Å². The van der Waals surface area contributed by atoms with E-state index in [9.17, 15) is 26.3 Å². The number of rotatable bonds is 2. The summed E-state index contributed by atoms with van der Waals surface area (Å²) in [4.78, 5) is 3.34. The maximum absolute atomic E-state index is 13.0. The van der Waals surface area contributed by atoms with Gasteiger partial charge in [-0.15, -0.1) is 0 Å². The Labute approximate surface area is 212 Å². The number of aromatic amines is 1. The van der Waals surface area contributed by atoms with Gasteiger partial charge in [-0.05, 0) is 103 Å². The Morgan fingerprint density at radius 2 is 0.829 bits per heavy atom. The number of aromatic nitrogens is 1. The predicted octanol–water partition coefficient (Wildman–Crippen LogP) is 10.2. The molecule has 0 bridgehead atoms. The zero-order valence-electron chi connectivity index (χ0n) is 17.5. The summed E-state index contributed by atoms with van der Waals surface area (Å²) in [5.41, 5.74) is 2.81. The number of H-pyrrole nitrogens is 1. The van der Waals surface area contributed by atoms with Crippen LogP contribution >= 0.6 is 31.9 Å². The molecular formula is C26H13Br2F6N. The van der Waals surface area contributed by atoms with Gasteiger partial charge < -0.3 is 4.98 Å². The lowest BCUT2D eigenvalue weighted by molar-refractivity contribution is -0.138. The fourth-order valence-corrected chi connectivity index (χ4v) is 5.17. The average Bonchev–Trinajstić information content (AvgIpc) is 3.18. The summed E-state index contributed by atoms with van der Waals surface area (Å²) in [5.74, 6) is 0. The van der Waals surface area contributed by atoms with Crippen LogP contribution in [0.3, 0.4) is 0 Å². The highest BCUT2D eigenvalue weighted by molar-refractivity contribution is 9.11. The van der Waals surface area contributed by atoms with E-state index in [1.165, 1.54) is 24.3 Å². The van der Waals surface area contributed by atoms with Crippen LogP contribution in [0.4, 0.5) is 26.3 Å². The van der Waals surface area contributed by atoms with E-state index in [4.69, 9.17) is 0 Å². The third-order valence-corrected chi connectivity index (χ3v) is 7.06. The first-order chi connectivity index (χ1) is 16.4. The van der Waals surface area contributed by atoms with Gasteiger partial charge in [0.15, 0.2) is 0 Å². The Bertz CT molecular complexity index is 1450. The molecule has 5 rings (SSSR count). The minimum absolute atomic E-state index is 0.618. The van der Waals surface area contributed by atoms with Crippen LogP contribution in [0.2, 0.25) is 0 Å². The van der Waals surface area contributed by atoms with E-state index in [1.54, 1.807) is 0 Å². The van der Waals surface area contributed by atoms with Crippen molar-refractivity contribution in [1.82, 2.24) is 4.98 Å². The van der Waals surface area contributed by atoms with Gasteiger partial charge in [0.05, 0.1) is 22.2 Å². The van der Waals surface area contributed by atoms with Gasteiger partial charge in [-0.25, -0.2) is 0 Å². The molecule has 0 radical (unpaired) electrons. The van der Waals surface area contributed by atoms with E-state index in [0.29, 0.717) is 11.1 Å². The maximum Gasteiger partial charge on any atom is 0.416 e. The zero-order chi connectivity index (χ0) is 25.1. The number of halogens is 8. The van der Waals surface area contributed by atoms with Crippen LogP contribution in [0.5, 0.6) is 0 Å². The zero-order valence-corrected chi connectivity index (χ0v) is 20.6. The van der Waals surface area contributed by atoms with Crippen LogP contribution in [-0.4, -0.2) is 4.98 Å². The smallest absolute Gasteiger partial charge is 0.353 e. The lowest BCUT2D eigenvalue weighted by Gasteiger charge is -2.09. The first-order valence-electron chi connectivity index (χ1n) is 10.2. The monoisotopic (exact) mass is 611 g/mol. The topological polar surface area (TPSA) is 15.8 Å². The van der Waals surface area contributed by atoms with Crippen molar-refractivity contribution >= 4 is 53.7 Å². The van der Waals surface area contributed by atoms with Gasteiger partial charge in [-0.2, -0.15) is 26.3 Å². The Balaban J connectivity index is 1.64. The molecule has 1 aromatic heterocycles. The number of nitrogens with one attached hydrogen (secondary N) is 1. The van der Waals surface area contributed by atoms with Gasteiger partial charge >= 0.3 is 12.4 Å². The van der Waals surface area contributed by atoms with E-state index >= 15 is 0 Å². The summed E-state index contributed by atoms with van der Waals surface area (Å²) in [6.45, 7) is 0. The summed E-state index contributed by atoms with van der Waals surface area (Å²) < 4.78 is 79.2. The molecule has 35 heavy (non-hydrogen) atoms. The summed E-state index contributed by atoms with van der Waals surface area (Å²) in [5, 5.41) is 1.64. The molecule has 0 aliphatic rings. The Kier molecular flexibility index (Phi) is 5.75. The second kappa shape index (κ2) is 8.41. The van der Waals surface area contributed by atoms with Crippen molar-refractivity contribution < 1.29 is 26.3 Å². The molecule has 0 amide bonds. The normalized spacial score (nSPS) is 12.6. The molecule has 0 aliphatic carbocycles. The minimum atomic E-state index is -4.42. The third-order valence-electron chi connectivity index (χ3n) is 5.81. The van der Waals surface area contributed by atoms with Crippen LogP contribution in [0.15, 0.2) is 81.7 Å². The first kappa shape index (κ1) is 23.9. The second-order valence-corrected chi connectivity index (χ2v) is 9.75. The molecule has 1 heterocycles. The number of alkyl halides is 6. The molecule has 178 valence electrons. The van der Waals surface area contributed by atoms with Crippen molar-refractivity contribution in [3.8, 4) is 22.3 Å². The third kappa shape index (κ3) is 4.47. The van der Waals surface area contributed by atoms with Crippen molar-refractivity contribution in [2.24, 2.45) is 0 Å². The van der Waals surface area contributed by atoms with Crippen LogP contribution < -0.4 is 0 Å². The average molecular weight is 613 g/mol. The van der Waals surface area contributed by atoms with Crippen LogP contribution in [0.25, 0.3) is 44.1 Å². The van der Waals surface area contributed by atoms with Gasteiger partial charge in [-0.1, -0.05) is 24.3 Å². The highest BCUT2D eigenvalue weighted by Gasteiger charge is 2.30. The van der Waals surface area contributed by atoms with E-state index in [1.807, 2.05) is 24.3 Å². The number of hydrogen-bond acceptors (Lipinski definition) is 0. The summed E-state index contributed by atoms with van der Waals surface area (Å²) >= 11 is 7.10. The van der Waals surface area contributed by atoms with E-state index < -0.39 is 23.5 Å². The molecule has 0 saturated heterocycles. The molecule has 0 spiro atoms. The molecule has 9 heteroatoms. The number of benzene rings is 4. The fourth-order valence-electron chi connectivity index (χ4n) is 4.05. The van der Waals surface area contributed by atoms with Crippen molar-refractivity contribution in [3.63, 3.8) is 0 Å². The van der Waals surface area contributed by atoms with Crippen molar-refractivity contribution in [2.75, 3.05) is 0 Å². The minimum Gasteiger partial charge on any atom is -0.353 e. The number of fused-ring (bicyclic) bond motifs is 3. The van der Waals surface area contributed by atoms with Crippen molar-refractivity contribution in [2.45, 2.75) is 12.4 Å². The summed E-state index contributed by atoms with van der Waals surface area (Å²) in [7, 11) is 0. The molecule has 0 unspecified atom stereocenters. The highest BCUT2D eigenvalue weighted by Crippen LogP contribution is 2.40. The van der Waals surface area contributed by atoms with Crippen LogP contribution in [0, 0.1) is 0 Å². The van der Waals surface area contributed by atoms with Crippen molar-refractivity contribution in [3.05, 3.63) is 92.9 Å². The summed E-state index contributed by atoms with van der Waals surface area (Å²) in [6.07, 6.45) is -8.83. The predicted molar refractivity (Wildman–Crippen MR) is 132 cm³/mol. The van der Waals surface area contributed by atoms with Gasteiger partial charge in [0.1, 0.15) is 0 Å². The Morgan fingerprint density at radius 1 is 0.486 bits per heavy atom. The van der Waals surface area contributed by atoms with Gasteiger partial charge in [0.2, 0.25) is 0 Å². The molecule has 4 aromatic carbocycles. The molecule has 0 saturated carbocycles. The molecular weight excluding hydrogens is 600 g/mol. The highest BCUT2D eigenvalue weighted by atomic mass is 79.9. The summed E-state index contributed by atoms with van der Waals surface area (Å²) in [6, 6.07) is 17.3. The van der Waals surface area contributed by atoms with E-state index in [-0.39, 0.29) is 0 Å². The molecule has 1 nitrogen and oxygen atoms in total. The lowest BCUT2D eigenvalue weighted by Crippen LogP contribution is -2.03. The van der Waals surface area contributed by atoms with Gasteiger partial charge in [0.25, 0.3) is 0 Å². The van der Waals surface area contributed by atoms with Crippen molar-refractivity contribution in [1.29, 1.82) is 0 Å². The molecule has 0 aliphatic heterocycles. The number of hydrogen-bond donors (Lipinski definition) is 1. The fraction of sp³-hybridized carbons (Fsp3) is 0.0769. The quantitative estimate of drug-likeness (QED) is 0.191. The van der Waals surface area contributed by atoms with Gasteiger partial charge in [0, 0.05) is 19.7 Å². The SMILES string of the molecule is FC(F)(F)c1ccc(-c2cc(Br)c3[nH]c4c(Br)cc(-c5ccc(C(F)(F)F)cc5)cc4c3c2)cc1. The Hall–Kier alpha value is -2.78. The molecule has 1 N–H and O–H groups in total. The molecule has 0 fully saturated rings. The van der Waals surface area contributed by atoms with Gasteiger partial charge in [-0.3, -0.25) is 0 Å². The second-order valence-electron chi connectivity index (χ2n) is 8.04. The van der Waals surface area contributed by atoms with E-state index in [2.05, 4.69) is 36.8 Å². The largest absolute Gasteiger partial charge is 0.416 e. The first-order valence-corrected chi connectivity index (χ1v) is 11.8. The molecule has 0 atom stereocenters. The molecule has 5 aromatic rings. The lowest BCUT2D eigenvalue weighted by atomic mass is 9.99. The maximum atomic E-state index is 13.0.